The Labute approximate surface area is 134 Å². The Kier molecular flexibility index (Phi) is 10.6. The first-order valence-corrected chi connectivity index (χ1v) is 8.22. The van der Waals surface area contributed by atoms with Gasteiger partial charge in [0.15, 0.2) is 0 Å². The van der Waals surface area contributed by atoms with E-state index in [1.54, 1.807) is 0 Å². The number of carbonyl (C=O) groups is 2. The van der Waals surface area contributed by atoms with Gasteiger partial charge in [-0.3, -0.25) is 4.79 Å². The lowest BCUT2D eigenvalue weighted by atomic mass is 10.1. The first-order chi connectivity index (χ1) is 10.2. The summed E-state index contributed by atoms with van der Waals surface area (Å²) < 4.78 is 0. The average Bonchev–Trinajstić information content (AvgIpc) is 2.38. The number of hydrogen-bond donors (Lipinski definition) is 4. The summed E-state index contributed by atoms with van der Waals surface area (Å²) in [5, 5.41) is 17.6. The highest BCUT2D eigenvalue weighted by atomic mass is 16.4. The molecule has 2 amide bonds. The highest BCUT2D eigenvalue weighted by molar-refractivity contribution is 5.74. The molecule has 22 heavy (non-hydrogen) atoms. The summed E-state index contributed by atoms with van der Waals surface area (Å²) in [6.45, 7) is 9.97. The van der Waals surface area contributed by atoms with Crippen LogP contribution in [0.5, 0.6) is 0 Å². The third-order valence-corrected chi connectivity index (χ3v) is 3.21. The Morgan fingerprint density at radius 3 is 2.18 bits per heavy atom. The van der Waals surface area contributed by atoms with Crippen LogP contribution in [0.1, 0.15) is 66.2 Å². The van der Waals surface area contributed by atoms with Gasteiger partial charge in [-0.15, -0.1) is 0 Å². The third kappa shape index (κ3) is 15.1. The summed E-state index contributed by atoms with van der Waals surface area (Å²) in [6, 6.07) is -0.341. The van der Waals surface area contributed by atoms with E-state index in [2.05, 4.69) is 36.7 Å². The molecule has 4 N–H and O–H groups in total. The number of carbonyl (C=O) groups excluding carboxylic acids is 1. The van der Waals surface area contributed by atoms with Crippen LogP contribution in [0.2, 0.25) is 0 Å². The maximum absolute atomic E-state index is 11.6. The molecule has 6 heteroatoms. The van der Waals surface area contributed by atoms with Crippen LogP contribution in [0.15, 0.2) is 0 Å². The molecule has 0 saturated carbocycles. The number of hydrogen-bond acceptors (Lipinski definition) is 3. The van der Waals surface area contributed by atoms with Crippen LogP contribution < -0.4 is 16.0 Å². The second-order valence-electron chi connectivity index (χ2n) is 6.82. The first-order valence-electron chi connectivity index (χ1n) is 8.22. The van der Waals surface area contributed by atoms with Crippen LogP contribution in [0.4, 0.5) is 4.79 Å². The van der Waals surface area contributed by atoms with Crippen LogP contribution in [0.25, 0.3) is 0 Å². The smallest absolute Gasteiger partial charge is 0.314 e. The van der Waals surface area contributed by atoms with E-state index in [-0.39, 0.29) is 24.0 Å². The van der Waals surface area contributed by atoms with Crippen molar-refractivity contribution in [2.45, 2.75) is 77.8 Å². The Bertz CT molecular complexity index is 327. The van der Waals surface area contributed by atoms with Gasteiger partial charge < -0.3 is 21.1 Å². The van der Waals surface area contributed by atoms with Gasteiger partial charge in [-0.05, 0) is 53.5 Å². The van der Waals surface area contributed by atoms with Crippen molar-refractivity contribution in [3.8, 4) is 0 Å². The molecule has 0 aromatic rings. The highest BCUT2D eigenvalue weighted by Gasteiger charge is 2.09. The molecule has 0 saturated heterocycles. The second-order valence-corrected chi connectivity index (χ2v) is 6.82. The maximum atomic E-state index is 11.6. The number of unbranched alkanes of at least 4 members (excludes halogenated alkanes) is 3. The molecule has 0 bridgehead atoms. The van der Waals surface area contributed by atoms with E-state index in [1.165, 1.54) is 0 Å². The van der Waals surface area contributed by atoms with E-state index in [1.807, 2.05) is 6.92 Å². The minimum atomic E-state index is -0.838. The summed E-state index contributed by atoms with van der Waals surface area (Å²) >= 11 is 0. The molecule has 0 rings (SSSR count). The topological polar surface area (TPSA) is 90.5 Å². The van der Waals surface area contributed by atoms with E-state index in [4.69, 9.17) is 5.11 Å². The third-order valence-electron chi connectivity index (χ3n) is 3.21. The minimum absolute atomic E-state index is 0.0735. The van der Waals surface area contributed by atoms with Crippen LogP contribution in [0, 0.1) is 0 Å². The zero-order chi connectivity index (χ0) is 17.0. The van der Waals surface area contributed by atoms with Gasteiger partial charge in [-0.2, -0.15) is 0 Å². The summed E-state index contributed by atoms with van der Waals surface area (Å²) in [5.74, 6) is -0.838. The largest absolute Gasteiger partial charge is 0.481 e. The fourth-order valence-electron chi connectivity index (χ4n) is 1.96. The number of amides is 2. The Morgan fingerprint density at radius 1 is 1.05 bits per heavy atom. The molecule has 0 aliphatic heterocycles. The lowest BCUT2D eigenvalue weighted by molar-refractivity contribution is -0.137. The fraction of sp³-hybridized carbons (Fsp3) is 0.875. The van der Waals surface area contributed by atoms with Crippen LogP contribution in [-0.2, 0) is 4.79 Å². The molecule has 1 atom stereocenters. The average molecular weight is 315 g/mol. The molecule has 6 nitrogen and oxygen atoms in total. The van der Waals surface area contributed by atoms with E-state index in [0.29, 0.717) is 13.0 Å². The summed E-state index contributed by atoms with van der Waals surface area (Å²) in [4.78, 5) is 22.0. The molecule has 0 spiro atoms. The monoisotopic (exact) mass is 315 g/mol. The molecular formula is C16H33N3O3. The van der Waals surface area contributed by atoms with Crippen molar-refractivity contribution in [1.29, 1.82) is 0 Å². The Morgan fingerprint density at radius 2 is 1.64 bits per heavy atom. The van der Waals surface area contributed by atoms with Crippen molar-refractivity contribution in [1.82, 2.24) is 16.0 Å². The van der Waals surface area contributed by atoms with E-state index < -0.39 is 5.97 Å². The molecule has 0 aromatic carbocycles. The predicted octanol–water partition coefficient (Wildman–Crippen LogP) is 2.49. The zero-order valence-corrected chi connectivity index (χ0v) is 14.5. The number of aliphatic carboxylic acids is 1. The molecule has 0 heterocycles. The SMILES string of the molecule is C[C@H](CCC(=O)O)NC(=O)NCCCCCCNC(C)(C)C. The van der Waals surface area contributed by atoms with E-state index in [0.717, 1.165) is 32.2 Å². The summed E-state index contributed by atoms with van der Waals surface area (Å²) in [7, 11) is 0. The van der Waals surface area contributed by atoms with Gasteiger partial charge in [-0.1, -0.05) is 12.8 Å². The maximum Gasteiger partial charge on any atom is 0.314 e. The number of carboxylic acids is 1. The first kappa shape index (κ1) is 20.7. The Balaban J connectivity index is 3.43. The standard InChI is InChI=1S/C16H33N3O3/c1-13(9-10-14(20)21)19-15(22)17-11-7-5-6-8-12-18-16(2,3)4/h13,18H,5-12H2,1-4H3,(H,20,21)(H2,17,19,22)/t13-/m1/s1. The van der Waals surface area contributed by atoms with Gasteiger partial charge in [0, 0.05) is 24.5 Å². The second kappa shape index (κ2) is 11.3. The number of rotatable bonds is 11. The van der Waals surface area contributed by atoms with E-state index in [9.17, 15) is 9.59 Å². The van der Waals surface area contributed by atoms with Gasteiger partial charge in [0.1, 0.15) is 0 Å². The summed E-state index contributed by atoms with van der Waals surface area (Å²) in [6.07, 6.45) is 4.89. The van der Waals surface area contributed by atoms with Gasteiger partial charge >= 0.3 is 12.0 Å². The van der Waals surface area contributed by atoms with Gasteiger partial charge in [-0.25, -0.2) is 4.79 Å². The molecule has 0 radical (unpaired) electrons. The lowest BCUT2D eigenvalue weighted by Crippen LogP contribution is -2.41. The highest BCUT2D eigenvalue weighted by Crippen LogP contribution is 2.02. The molecule has 0 aliphatic carbocycles. The van der Waals surface area contributed by atoms with Crippen LogP contribution in [0.3, 0.4) is 0 Å². The van der Waals surface area contributed by atoms with Crippen molar-refractivity contribution in [2.24, 2.45) is 0 Å². The molecular weight excluding hydrogens is 282 g/mol. The minimum Gasteiger partial charge on any atom is -0.481 e. The molecule has 130 valence electrons. The number of carboxylic acid groups (broad SMARTS) is 1. The van der Waals surface area contributed by atoms with Crippen molar-refractivity contribution in [2.75, 3.05) is 13.1 Å². The van der Waals surface area contributed by atoms with Crippen molar-refractivity contribution in [3.05, 3.63) is 0 Å². The van der Waals surface area contributed by atoms with Crippen LogP contribution >= 0.6 is 0 Å². The Hall–Kier alpha value is -1.30. The lowest BCUT2D eigenvalue weighted by Gasteiger charge is -2.20. The molecule has 0 aliphatic rings. The van der Waals surface area contributed by atoms with Gasteiger partial charge in [0.05, 0.1) is 0 Å². The number of nitrogens with one attached hydrogen (secondary N) is 3. The van der Waals surface area contributed by atoms with Crippen molar-refractivity contribution in [3.63, 3.8) is 0 Å². The normalized spacial score (nSPS) is 12.7. The van der Waals surface area contributed by atoms with E-state index >= 15 is 0 Å². The predicted molar refractivity (Wildman–Crippen MR) is 89.1 cm³/mol. The van der Waals surface area contributed by atoms with Crippen molar-refractivity contribution >= 4 is 12.0 Å². The van der Waals surface area contributed by atoms with Gasteiger partial charge in [0.25, 0.3) is 0 Å². The summed E-state index contributed by atoms with van der Waals surface area (Å²) in [5.41, 5.74) is 0.178. The zero-order valence-electron chi connectivity index (χ0n) is 14.5. The van der Waals surface area contributed by atoms with Crippen LogP contribution in [-0.4, -0.2) is 41.8 Å². The van der Waals surface area contributed by atoms with Crippen molar-refractivity contribution < 1.29 is 14.7 Å². The quantitative estimate of drug-likeness (QED) is 0.441. The molecule has 0 unspecified atom stereocenters. The fourth-order valence-corrected chi connectivity index (χ4v) is 1.96. The van der Waals surface area contributed by atoms with Gasteiger partial charge in [0.2, 0.25) is 0 Å². The number of urea groups is 1. The molecule has 0 aromatic heterocycles. The molecule has 0 fully saturated rings.